The first-order valence-electron chi connectivity index (χ1n) is 4.25. The summed E-state index contributed by atoms with van der Waals surface area (Å²) in [7, 11) is 0. The Morgan fingerprint density at radius 2 is 1.92 bits per heavy atom. The van der Waals surface area contributed by atoms with Crippen LogP contribution in [-0.2, 0) is 0 Å². The van der Waals surface area contributed by atoms with Crippen molar-refractivity contribution in [2.45, 2.75) is 31.7 Å². The second-order valence-electron chi connectivity index (χ2n) is 3.21. The summed E-state index contributed by atoms with van der Waals surface area (Å²) in [4.78, 5) is 3.86. The highest BCUT2D eigenvalue weighted by molar-refractivity contribution is 5.26. The van der Waals surface area contributed by atoms with Gasteiger partial charge in [-0.1, -0.05) is 12.8 Å². The van der Waals surface area contributed by atoms with Gasteiger partial charge in [0, 0.05) is 0 Å². The molecule has 12 heavy (non-hydrogen) atoms. The number of aromatic nitrogens is 3. The van der Waals surface area contributed by atoms with E-state index in [2.05, 4.69) is 10.1 Å². The lowest BCUT2D eigenvalue weighted by Gasteiger charge is -2.09. The fourth-order valence-corrected chi connectivity index (χ4v) is 1.77. The maximum absolute atomic E-state index is 5.63. The molecule has 1 aromatic rings. The fraction of sp³-hybridized carbons (Fsp3) is 0.714. The van der Waals surface area contributed by atoms with Crippen LogP contribution in [-0.4, -0.2) is 14.8 Å². The maximum Gasteiger partial charge on any atom is 0.241 e. The lowest BCUT2D eigenvalue weighted by molar-refractivity contribution is 0.474. The summed E-state index contributed by atoms with van der Waals surface area (Å²) < 4.78 is 1.75. The van der Waals surface area contributed by atoms with E-state index in [0.29, 0.717) is 12.0 Å². The van der Waals surface area contributed by atoms with E-state index in [0.717, 1.165) is 12.8 Å². The van der Waals surface area contributed by atoms with Gasteiger partial charge in [-0.25, -0.2) is 4.68 Å². The quantitative estimate of drug-likeness (QED) is 0.640. The minimum absolute atomic E-state index is 0.277. The molecule has 0 saturated heterocycles. The van der Waals surface area contributed by atoms with E-state index in [1.165, 1.54) is 12.8 Å². The normalized spacial score (nSPS) is 18.7. The predicted octanol–water partition coefficient (Wildman–Crippen LogP) is 0.558. The average Bonchev–Trinajstić information content (AvgIpc) is 2.58. The number of hydrogen-bond donors (Lipinski definition) is 2. The Morgan fingerprint density at radius 1 is 1.25 bits per heavy atom. The highest BCUT2D eigenvalue weighted by Gasteiger charge is 2.20. The fourth-order valence-electron chi connectivity index (χ4n) is 1.77. The molecule has 2 rings (SSSR count). The number of hydrogen-bond acceptors (Lipinski definition) is 4. The molecule has 1 aliphatic carbocycles. The van der Waals surface area contributed by atoms with E-state index in [4.69, 9.17) is 11.5 Å². The van der Waals surface area contributed by atoms with Crippen molar-refractivity contribution in [1.29, 1.82) is 0 Å². The van der Waals surface area contributed by atoms with Crippen molar-refractivity contribution >= 4 is 11.9 Å². The minimum atomic E-state index is 0.277. The van der Waals surface area contributed by atoms with Gasteiger partial charge in [-0.2, -0.15) is 4.98 Å². The highest BCUT2D eigenvalue weighted by Crippen LogP contribution is 2.30. The van der Waals surface area contributed by atoms with Crippen molar-refractivity contribution in [3.63, 3.8) is 0 Å². The third-order valence-electron chi connectivity index (χ3n) is 2.34. The minimum Gasteiger partial charge on any atom is -0.368 e. The topological polar surface area (TPSA) is 82.7 Å². The third kappa shape index (κ3) is 1.11. The molecule has 0 atom stereocenters. The van der Waals surface area contributed by atoms with Gasteiger partial charge in [-0.3, -0.25) is 0 Å². The van der Waals surface area contributed by atoms with E-state index in [1.54, 1.807) is 4.68 Å². The summed E-state index contributed by atoms with van der Waals surface area (Å²) in [5.74, 6) is 0.721. The molecule has 0 spiro atoms. The Labute approximate surface area is 70.8 Å². The summed E-state index contributed by atoms with van der Waals surface area (Å²) >= 11 is 0. The van der Waals surface area contributed by atoms with Crippen molar-refractivity contribution in [2.24, 2.45) is 0 Å². The molecule has 0 unspecified atom stereocenters. The van der Waals surface area contributed by atoms with Gasteiger partial charge >= 0.3 is 0 Å². The van der Waals surface area contributed by atoms with E-state index in [9.17, 15) is 0 Å². The van der Waals surface area contributed by atoms with Gasteiger partial charge in [-0.05, 0) is 12.8 Å². The van der Waals surface area contributed by atoms with Gasteiger partial charge < -0.3 is 11.5 Å². The molecule has 4 N–H and O–H groups in total. The molecule has 0 amide bonds. The molecule has 1 saturated carbocycles. The van der Waals surface area contributed by atoms with Crippen LogP contribution in [0.3, 0.4) is 0 Å². The zero-order chi connectivity index (χ0) is 8.55. The summed E-state index contributed by atoms with van der Waals surface area (Å²) in [6, 6.07) is 0.426. The molecule has 0 bridgehead atoms. The zero-order valence-corrected chi connectivity index (χ0v) is 6.90. The predicted molar refractivity (Wildman–Crippen MR) is 46.4 cm³/mol. The van der Waals surface area contributed by atoms with Gasteiger partial charge in [0.05, 0.1) is 6.04 Å². The van der Waals surface area contributed by atoms with E-state index < -0.39 is 0 Å². The molecule has 1 aromatic heterocycles. The van der Waals surface area contributed by atoms with Crippen LogP contribution in [0.2, 0.25) is 0 Å². The van der Waals surface area contributed by atoms with Gasteiger partial charge in [0.2, 0.25) is 11.9 Å². The van der Waals surface area contributed by atoms with Crippen LogP contribution < -0.4 is 11.5 Å². The van der Waals surface area contributed by atoms with Crippen molar-refractivity contribution in [3.8, 4) is 0 Å². The van der Waals surface area contributed by atoms with Crippen LogP contribution in [0, 0.1) is 0 Å². The lowest BCUT2D eigenvalue weighted by Crippen LogP contribution is -2.10. The zero-order valence-electron chi connectivity index (χ0n) is 6.90. The van der Waals surface area contributed by atoms with Crippen LogP contribution in [0.4, 0.5) is 11.9 Å². The molecule has 1 fully saturated rings. The van der Waals surface area contributed by atoms with Crippen molar-refractivity contribution in [2.75, 3.05) is 11.5 Å². The van der Waals surface area contributed by atoms with E-state index in [-0.39, 0.29) is 5.95 Å². The molecule has 5 nitrogen and oxygen atoms in total. The summed E-state index contributed by atoms with van der Waals surface area (Å²) in [6.07, 6.45) is 4.80. The molecule has 1 heterocycles. The number of nitrogens with zero attached hydrogens (tertiary/aromatic N) is 3. The second kappa shape index (κ2) is 2.66. The standard InChI is InChI=1S/C7H13N5/c8-6-10-7(9)12(11-6)5-3-1-2-4-5/h5H,1-4H2,(H4,8,9,10,11). The number of nitrogen functional groups attached to an aromatic ring is 2. The average molecular weight is 167 g/mol. The van der Waals surface area contributed by atoms with Crippen LogP contribution in [0.15, 0.2) is 0 Å². The molecule has 1 aliphatic rings. The molecule has 0 aliphatic heterocycles. The largest absolute Gasteiger partial charge is 0.368 e. The Bertz CT molecular complexity index is 273. The number of anilines is 2. The van der Waals surface area contributed by atoms with Gasteiger partial charge in [-0.15, -0.1) is 5.10 Å². The molecule has 0 radical (unpaired) electrons. The molecular weight excluding hydrogens is 154 g/mol. The van der Waals surface area contributed by atoms with Crippen LogP contribution in [0.25, 0.3) is 0 Å². The molecular formula is C7H13N5. The van der Waals surface area contributed by atoms with Crippen LogP contribution in [0.5, 0.6) is 0 Å². The van der Waals surface area contributed by atoms with E-state index in [1.807, 2.05) is 0 Å². The van der Waals surface area contributed by atoms with Crippen molar-refractivity contribution < 1.29 is 0 Å². The summed E-state index contributed by atoms with van der Waals surface area (Å²) in [5.41, 5.74) is 11.1. The third-order valence-corrected chi connectivity index (χ3v) is 2.34. The van der Waals surface area contributed by atoms with Gasteiger partial charge in [0.1, 0.15) is 0 Å². The van der Waals surface area contributed by atoms with Crippen molar-refractivity contribution in [1.82, 2.24) is 14.8 Å². The Morgan fingerprint density at radius 3 is 2.42 bits per heavy atom. The van der Waals surface area contributed by atoms with Crippen molar-refractivity contribution in [3.05, 3.63) is 0 Å². The highest BCUT2D eigenvalue weighted by atomic mass is 15.4. The first-order chi connectivity index (χ1) is 5.77. The van der Waals surface area contributed by atoms with Gasteiger partial charge in [0.15, 0.2) is 0 Å². The van der Waals surface area contributed by atoms with E-state index >= 15 is 0 Å². The number of rotatable bonds is 1. The second-order valence-corrected chi connectivity index (χ2v) is 3.21. The first-order valence-corrected chi connectivity index (χ1v) is 4.25. The smallest absolute Gasteiger partial charge is 0.241 e. The maximum atomic E-state index is 5.63. The summed E-state index contributed by atoms with van der Waals surface area (Å²) in [6.45, 7) is 0. The SMILES string of the molecule is Nc1nc(N)n(C2CCCC2)n1. The summed E-state index contributed by atoms with van der Waals surface area (Å²) in [5, 5.41) is 4.05. The lowest BCUT2D eigenvalue weighted by atomic mass is 10.3. The molecule has 66 valence electrons. The van der Waals surface area contributed by atoms with Crippen LogP contribution in [0.1, 0.15) is 31.7 Å². The van der Waals surface area contributed by atoms with Gasteiger partial charge in [0.25, 0.3) is 0 Å². The first kappa shape index (κ1) is 7.39. The Hall–Kier alpha value is -1.26. The Balaban J connectivity index is 2.25. The Kier molecular flexibility index (Phi) is 1.64. The number of nitrogens with two attached hydrogens (primary N) is 2. The van der Waals surface area contributed by atoms with Crippen LogP contribution >= 0.6 is 0 Å². The molecule has 0 aromatic carbocycles. The molecule has 5 heteroatoms. The monoisotopic (exact) mass is 167 g/mol.